The van der Waals surface area contributed by atoms with Gasteiger partial charge in [-0.05, 0) is 205 Å². The van der Waals surface area contributed by atoms with E-state index < -0.39 is 0 Å². The number of furan rings is 1. The Morgan fingerprint density at radius 1 is 0.150 bits per heavy atom. The largest absolute Gasteiger partial charge is 0.456 e. The second kappa shape index (κ2) is 25.8. The van der Waals surface area contributed by atoms with Crippen molar-refractivity contribution in [1.29, 1.82) is 0 Å². The van der Waals surface area contributed by atoms with E-state index in [1.807, 2.05) is 12.1 Å². The van der Waals surface area contributed by atoms with Crippen LogP contribution in [0.1, 0.15) is 0 Å². The average Bonchev–Trinajstić information content (AvgIpc) is 1.57. The van der Waals surface area contributed by atoms with E-state index in [-0.39, 0.29) is 0 Å². The van der Waals surface area contributed by atoms with Crippen molar-refractivity contribution in [3.8, 4) is 112 Å². The minimum absolute atomic E-state index is 0.891. The molecule has 0 saturated heterocycles. The lowest BCUT2D eigenvalue weighted by Crippen LogP contribution is -1.98. The molecule has 0 unspecified atom stereocenters. The minimum atomic E-state index is 0.891. The standard InChI is InChI=1S/C108H68N4O/c1-6-25-69(26-7-1)78-61-79(70-27-8-2-9-28-70)63-83(62-78)112-99-44-20-16-35-86(99)90-40-23-41-91(108(90)112)89-39-24-45-103-106(89)97-66-76(52-58-102(97)110(103)81-33-14-5-15-34-81)75-51-57-101-95(64-75)92-42-22-38-85(77-53-59-100-94(67-77)87-36-17-19-43-98(87)109(100)80-31-12-4-13-32-80)107(92)111(101)82-55-56-84(72-29-10-3-11-30-72)93(68-82)73-49-47-71(48-50-73)74-54-60-105-96(65-74)88-37-18-21-46-104(88)113-105/h1-68H. The zero-order valence-corrected chi connectivity index (χ0v) is 61.5. The predicted octanol–water partition coefficient (Wildman–Crippen LogP) is 29.3. The molecule has 0 saturated carbocycles. The van der Waals surface area contributed by atoms with Gasteiger partial charge in [-0.3, -0.25) is 0 Å². The molecule has 113 heavy (non-hydrogen) atoms. The van der Waals surface area contributed by atoms with Crippen LogP contribution in [0.3, 0.4) is 0 Å². The fourth-order valence-electron chi connectivity index (χ4n) is 18.4. The van der Waals surface area contributed by atoms with Crippen molar-refractivity contribution in [2.45, 2.75) is 0 Å². The van der Waals surface area contributed by atoms with Gasteiger partial charge in [-0.1, -0.05) is 285 Å². The highest BCUT2D eigenvalue weighted by Crippen LogP contribution is 2.49. The van der Waals surface area contributed by atoms with Gasteiger partial charge in [0.05, 0.1) is 44.1 Å². The number of para-hydroxylation sites is 7. The fraction of sp³-hybridized carbons (Fsp3) is 0. The molecule has 23 rings (SSSR count). The average molecular weight is 1440 g/mol. The van der Waals surface area contributed by atoms with Crippen molar-refractivity contribution in [2.24, 2.45) is 0 Å². The zero-order chi connectivity index (χ0) is 74.2. The van der Waals surface area contributed by atoms with Crippen molar-refractivity contribution < 1.29 is 4.42 Å². The van der Waals surface area contributed by atoms with Crippen LogP contribution in [-0.2, 0) is 0 Å². The number of rotatable bonds is 12. The van der Waals surface area contributed by atoms with Gasteiger partial charge in [-0.2, -0.15) is 0 Å². The normalized spacial score (nSPS) is 11.9. The maximum Gasteiger partial charge on any atom is 0.135 e. The van der Waals surface area contributed by atoms with E-state index in [2.05, 4.69) is 419 Å². The van der Waals surface area contributed by atoms with E-state index in [1.165, 1.54) is 70.8 Å². The third kappa shape index (κ3) is 10.3. The lowest BCUT2D eigenvalue weighted by molar-refractivity contribution is 0.669. The summed E-state index contributed by atoms with van der Waals surface area (Å²) in [6, 6.07) is 152. The molecule has 0 amide bonds. The molecule has 526 valence electrons. The van der Waals surface area contributed by atoms with Gasteiger partial charge in [0, 0.05) is 87.7 Å². The second-order valence-electron chi connectivity index (χ2n) is 29.8. The molecule has 0 aliphatic carbocycles. The first-order valence-corrected chi connectivity index (χ1v) is 38.9. The fourth-order valence-corrected chi connectivity index (χ4v) is 18.4. The van der Waals surface area contributed by atoms with Crippen LogP contribution in [0.4, 0.5) is 0 Å². The summed E-state index contributed by atoms with van der Waals surface area (Å²) in [5.74, 6) is 0. The van der Waals surface area contributed by atoms with Crippen molar-refractivity contribution in [1.82, 2.24) is 18.3 Å². The van der Waals surface area contributed by atoms with Crippen molar-refractivity contribution in [3.63, 3.8) is 0 Å². The molecule has 0 radical (unpaired) electrons. The van der Waals surface area contributed by atoms with Crippen LogP contribution in [0, 0.1) is 0 Å². The molecule has 0 N–H and O–H groups in total. The van der Waals surface area contributed by atoms with Crippen LogP contribution >= 0.6 is 0 Å². The van der Waals surface area contributed by atoms with E-state index in [0.717, 1.165) is 150 Å². The van der Waals surface area contributed by atoms with Crippen LogP contribution < -0.4 is 0 Å². The summed E-state index contributed by atoms with van der Waals surface area (Å²) in [7, 11) is 0. The van der Waals surface area contributed by atoms with Gasteiger partial charge in [0.2, 0.25) is 0 Å². The molecule has 5 heterocycles. The number of fused-ring (bicyclic) bond motifs is 15. The third-order valence-electron chi connectivity index (χ3n) is 23.6. The first kappa shape index (κ1) is 64.0. The molecule has 0 aliphatic heterocycles. The summed E-state index contributed by atoms with van der Waals surface area (Å²) < 4.78 is 16.2. The molecule has 5 nitrogen and oxygen atoms in total. The summed E-state index contributed by atoms with van der Waals surface area (Å²) in [4.78, 5) is 0. The Morgan fingerprint density at radius 3 is 1.23 bits per heavy atom. The monoisotopic (exact) mass is 1440 g/mol. The van der Waals surface area contributed by atoms with E-state index in [1.54, 1.807) is 0 Å². The number of benzene rings is 18. The molecule has 0 aliphatic rings. The number of aromatic nitrogens is 4. The van der Waals surface area contributed by atoms with Gasteiger partial charge < -0.3 is 22.7 Å². The molecule has 0 bridgehead atoms. The zero-order valence-electron chi connectivity index (χ0n) is 61.5. The lowest BCUT2D eigenvalue weighted by atomic mass is 9.92. The summed E-state index contributed by atoms with van der Waals surface area (Å²) >= 11 is 0. The Labute approximate surface area is 651 Å². The highest BCUT2D eigenvalue weighted by molar-refractivity contribution is 6.22. The summed E-state index contributed by atoms with van der Waals surface area (Å²) in [6.07, 6.45) is 0. The van der Waals surface area contributed by atoms with Crippen LogP contribution in [0.2, 0.25) is 0 Å². The summed E-state index contributed by atoms with van der Waals surface area (Å²) in [6.45, 7) is 0. The molecule has 5 heteroatoms. The predicted molar refractivity (Wildman–Crippen MR) is 475 cm³/mol. The third-order valence-corrected chi connectivity index (χ3v) is 23.6. The van der Waals surface area contributed by atoms with Crippen LogP contribution in [0.15, 0.2) is 417 Å². The molecule has 23 aromatic rings. The summed E-state index contributed by atoms with van der Waals surface area (Å²) in [5, 5.41) is 11.8. The van der Waals surface area contributed by atoms with Gasteiger partial charge in [-0.15, -0.1) is 0 Å². The van der Waals surface area contributed by atoms with E-state index in [9.17, 15) is 0 Å². The number of hydrogen-bond donors (Lipinski definition) is 0. The molecular weight excluding hydrogens is 1370 g/mol. The SMILES string of the molecule is c1ccc(-c2cc(-c3ccccc3)cc(-n3c4ccccc4c4cccc(-c5cccc6c5c5cc(-c7ccc8c(c7)c7cccc(-c9ccc%10c(c9)c9ccccc9n%10-c9ccccc9)c7n8-c7ccc(-c8ccccc8)c(-c8ccc(-c9ccc%10oc%11ccccc%11c%10c9)cc8)c7)ccc5n6-c5ccccc5)c43)c2)cc1. The smallest absolute Gasteiger partial charge is 0.135 e. The summed E-state index contributed by atoms with van der Waals surface area (Å²) in [5.41, 5.74) is 33.8. The Morgan fingerprint density at radius 2 is 0.549 bits per heavy atom. The van der Waals surface area contributed by atoms with Gasteiger partial charge in [0.15, 0.2) is 0 Å². The molecule has 0 fully saturated rings. The van der Waals surface area contributed by atoms with Crippen LogP contribution in [0.25, 0.3) is 221 Å². The van der Waals surface area contributed by atoms with Gasteiger partial charge in [0.25, 0.3) is 0 Å². The minimum Gasteiger partial charge on any atom is -0.456 e. The quantitative estimate of drug-likeness (QED) is 0.120. The molecule has 5 aromatic heterocycles. The first-order valence-electron chi connectivity index (χ1n) is 38.9. The van der Waals surface area contributed by atoms with Crippen molar-refractivity contribution >= 4 is 109 Å². The molecule has 18 aromatic carbocycles. The highest BCUT2D eigenvalue weighted by atomic mass is 16.3. The van der Waals surface area contributed by atoms with Crippen LogP contribution in [0.5, 0.6) is 0 Å². The molecule has 0 spiro atoms. The van der Waals surface area contributed by atoms with Gasteiger partial charge in [0.1, 0.15) is 11.2 Å². The van der Waals surface area contributed by atoms with Gasteiger partial charge in [-0.25, -0.2) is 0 Å². The Kier molecular flexibility index (Phi) is 14.6. The first-order chi connectivity index (χ1) is 56.0. The maximum absolute atomic E-state index is 6.28. The Hall–Kier alpha value is -15.0. The second-order valence-corrected chi connectivity index (χ2v) is 29.8. The molecule has 0 atom stereocenters. The van der Waals surface area contributed by atoms with Crippen molar-refractivity contribution in [2.75, 3.05) is 0 Å². The van der Waals surface area contributed by atoms with Crippen LogP contribution in [-0.4, -0.2) is 18.3 Å². The van der Waals surface area contributed by atoms with E-state index >= 15 is 0 Å². The number of hydrogen-bond acceptors (Lipinski definition) is 1. The maximum atomic E-state index is 6.28. The van der Waals surface area contributed by atoms with E-state index in [0.29, 0.717) is 0 Å². The van der Waals surface area contributed by atoms with Gasteiger partial charge >= 0.3 is 0 Å². The Balaban J connectivity index is 0.734. The number of nitrogens with zero attached hydrogens (tertiary/aromatic N) is 4. The highest BCUT2D eigenvalue weighted by Gasteiger charge is 2.26. The van der Waals surface area contributed by atoms with Crippen molar-refractivity contribution in [3.05, 3.63) is 413 Å². The lowest BCUT2D eigenvalue weighted by Gasteiger charge is -2.17. The Bertz CT molecular complexity index is 7690. The van der Waals surface area contributed by atoms with E-state index in [4.69, 9.17) is 4.42 Å². The molecular formula is C108H68N4O. The topological polar surface area (TPSA) is 32.9 Å².